The zero-order valence-corrected chi connectivity index (χ0v) is 11.6. The minimum atomic E-state index is 0.140. The van der Waals surface area contributed by atoms with Crippen molar-refractivity contribution in [3.05, 3.63) is 23.4 Å². The minimum Gasteiger partial charge on any atom is -0.409 e. The number of aromatic nitrogens is 1. The summed E-state index contributed by atoms with van der Waals surface area (Å²) >= 11 is 0. The minimum absolute atomic E-state index is 0.140. The summed E-state index contributed by atoms with van der Waals surface area (Å²) in [6.45, 7) is 5.14. The van der Waals surface area contributed by atoms with Gasteiger partial charge in [-0.05, 0) is 44.2 Å². The molecule has 19 heavy (non-hydrogen) atoms. The predicted molar refractivity (Wildman–Crippen MR) is 76.8 cm³/mol. The lowest BCUT2D eigenvalue weighted by Crippen LogP contribution is -2.41. The van der Waals surface area contributed by atoms with Crippen LogP contribution in [-0.4, -0.2) is 28.6 Å². The number of oxime groups is 1. The number of rotatable bonds is 3. The highest BCUT2D eigenvalue weighted by Crippen LogP contribution is 2.28. The fourth-order valence-electron chi connectivity index (χ4n) is 2.83. The van der Waals surface area contributed by atoms with Crippen molar-refractivity contribution in [3.63, 3.8) is 0 Å². The van der Waals surface area contributed by atoms with E-state index in [0.29, 0.717) is 6.04 Å². The lowest BCUT2D eigenvalue weighted by molar-refractivity contribution is 0.318. The molecule has 2 rings (SSSR count). The van der Waals surface area contributed by atoms with Gasteiger partial charge >= 0.3 is 0 Å². The number of pyridine rings is 1. The normalized spacial score (nSPS) is 20.6. The topological polar surface area (TPSA) is 74.7 Å². The highest BCUT2D eigenvalue weighted by atomic mass is 16.4. The summed E-state index contributed by atoms with van der Waals surface area (Å²) in [4.78, 5) is 6.79. The molecule has 1 aromatic heterocycles. The Morgan fingerprint density at radius 1 is 1.58 bits per heavy atom. The van der Waals surface area contributed by atoms with Crippen LogP contribution in [0.5, 0.6) is 0 Å². The van der Waals surface area contributed by atoms with Gasteiger partial charge in [0.2, 0.25) is 0 Å². The van der Waals surface area contributed by atoms with Gasteiger partial charge in [-0.2, -0.15) is 0 Å². The van der Waals surface area contributed by atoms with Crippen LogP contribution in [0.15, 0.2) is 17.4 Å². The van der Waals surface area contributed by atoms with Gasteiger partial charge in [-0.15, -0.1) is 0 Å². The molecule has 1 fully saturated rings. The summed E-state index contributed by atoms with van der Waals surface area (Å²) in [6, 6.07) is 2.38. The van der Waals surface area contributed by atoms with E-state index < -0.39 is 0 Å². The third-order valence-corrected chi connectivity index (χ3v) is 3.87. The van der Waals surface area contributed by atoms with Crippen LogP contribution in [0.1, 0.15) is 43.7 Å². The third kappa shape index (κ3) is 2.64. The van der Waals surface area contributed by atoms with E-state index in [9.17, 15) is 0 Å². The van der Waals surface area contributed by atoms with Crippen LogP contribution < -0.4 is 10.6 Å². The first-order valence-corrected chi connectivity index (χ1v) is 6.89. The Balaban J connectivity index is 2.46. The van der Waals surface area contributed by atoms with Gasteiger partial charge < -0.3 is 15.8 Å². The molecule has 5 nitrogen and oxygen atoms in total. The van der Waals surface area contributed by atoms with Crippen molar-refractivity contribution in [2.24, 2.45) is 10.9 Å². The Hall–Kier alpha value is -1.78. The van der Waals surface area contributed by atoms with E-state index in [-0.39, 0.29) is 5.84 Å². The number of piperidine rings is 1. The maximum Gasteiger partial charge on any atom is 0.174 e. The Labute approximate surface area is 114 Å². The van der Waals surface area contributed by atoms with E-state index in [2.05, 4.69) is 22.0 Å². The molecular formula is C14H22N4O. The van der Waals surface area contributed by atoms with E-state index in [0.717, 1.165) is 29.9 Å². The molecule has 1 aliphatic heterocycles. The lowest BCUT2D eigenvalue weighted by atomic mass is 9.98. The zero-order chi connectivity index (χ0) is 13.8. The number of hydrogen-bond acceptors (Lipinski definition) is 4. The maximum atomic E-state index is 8.98. The highest BCUT2D eigenvalue weighted by Gasteiger charge is 2.25. The summed E-state index contributed by atoms with van der Waals surface area (Å²) < 4.78 is 0. The first-order valence-electron chi connectivity index (χ1n) is 6.89. The van der Waals surface area contributed by atoms with Gasteiger partial charge in [0, 0.05) is 18.8 Å². The fraction of sp³-hybridized carbons (Fsp3) is 0.571. The van der Waals surface area contributed by atoms with Gasteiger partial charge in [0.1, 0.15) is 5.82 Å². The second-order valence-electron chi connectivity index (χ2n) is 5.06. The second kappa shape index (κ2) is 5.91. The first kappa shape index (κ1) is 13.6. The molecule has 3 N–H and O–H groups in total. The zero-order valence-electron chi connectivity index (χ0n) is 11.6. The van der Waals surface area contributed by atoms with Crippen LogP contribution >= 0.6 is 0 Å². The van der Waals surface area contributed by atoms with Gasteiger partial charge in [0.15, 0.2) is 5.84 Å². The van der Waals surface area contributed by atoms with Crippen molar-refractivity contribution in [1.82, 2.24) is 4.98 Å². The molecule has 0 aromatic carbocycles. The van der Waals surface area contributed by atoms with Gasteiger partial charge in [-0.1, -0.05) is 12.1 Å². The maximum absolute atomic E-state index is 8.98. The van der Waals surface area contributed by atoms with E-state index >= 15 is 0 Å². The number of anilines is 1. The van der Waals surface area contributed by atoms with Crippen molar-refractivity contribution in [1.29, 1.82) is 0 Å². The summed E-state index contributed by atoms with van der Waals surface area (Å²) in [7, 11) is 0. The molecule has 1 aromatic rings. The average Bonchev–Trinajstić information content (AvgIpc) is 2.46. The molecule has 0 spiro atoms. The Morgan fingerprint density at radius 2 is 2.37 bits per heavy atom. The predicted octanol–water partition coefficient (Wildman–Crippen LogP) is 2.25. The van der Waals surface area contributed by atoms with Crippen LogP contribution in [0.4, 0.5) is 5.82 Å². The molecule has 2 heterocycles. The molecule has 0 bridgehead atoms. The van der Waals surface area contributed by atoms with E-state index in [1.54, 1.807) is 6.20 Å². The largest absolute Gasteiger partial charge is 0.409 e. The quantitative estimate of drug-likeness (QED) is 0.379. The second-order valence-corrected chi connectivity index (χ2v) is 5.06. The summed E-state index contributed by atoms with van der Waals surface area (Å²) in [6.07, 6.45) is 6.49. The molecule has 0 amide bonds. The van der Waals surface area contributed by atoms with Crippen molar-refractivity contribution >= 4 is 11.7 Å². The molecule has 0 radical (unpaired) electrons. The summed E-state index contributed by atoms with van der Waals surface area (Å²) in [5, 5.41) is 12.1. The molecule has 1 unspecified atom stereocenters. The van der Waals surface area contributed by atoms with Crippen LogP contribution in [-0.2, 0) is 0 Å². The van der Waals surface area contributed by atoms with Gasteiger partial charge in [-0.25, -0.2) is 4.98 Å². The highest BCUT2D eigenvalue weighted by molar-refractivity contribution is 6.02. The van der Waals surface area contributed by atoms with Crippen LogP contribution in [0.2, 0.25) is 0 Å². The number of aryl methyl sites for hydroxylation is 1. The SMILES string of the molecule is CCC1CCCCN1c1nccc(C)c1/C(N)=N/O. The molecule has 1 atom stereocenters. The van der Waals surface area contributed by atoms with E-state index in [4.69, 9.17) is 10.9 Å². The Kier molecular flexibility index (Phi) is 4.24. The van der Waals surface area contributed by atoms with E-state index in [1.165, 1.54) is 19.3 Å². The summed E-state index contributed by atoms with van der Waals surface area (Å²) in [5.74, 6) is 0.989. The average molecular weight is 262 g/mol. The van der Waals surface area contributed by atoms with Gasteiger partial charge in [0.25, 0.3) is 0 Å². The van der Waals surface area contributed by atoms with Crippen molar-refractivity contribution in [2.75, 3.05) is 11.4 Å². The molecule has 104 valence electrons. The van der Waals surface area contributed by atoms with Crippen molar-refractivity contribution in [2.45, 2.75) is 45.6 Å². The number of amidine groups is 1. The molecule has 5 heteroatoms. The Morgan fingerprint density at radius 3 is 3.05 bits per heavy atom. The smallest absolute Gasteiger partial charge is 0.174 e. The van der Waals surface area contributed by atoms with Gasteiger partial charge in [0.05, 0.1) is 5.56 Å². The van der Waals surface area contributed by atoms with Crippen molar-refractivity contribution < 1.29 is 5.21 Å². The number of hydrogen-bond donors (Lipinski definition) is 2. The number of nitrogens with zero attached hydrogens (tertiary/aromatic N) is 3. The molecular weight excluding hydrogens is 240 g/mol. The monoisotopic (exact) mass is 262 g/mol. The molecule has 0 saturated carbocycles. The van der Waals surface area contributed by atoms with Crippen LogP contribution in [0.3, 0.4) is 0 Å². The molecule has 1 aliphatic rings. The first-order chi connectivity index (χ1) is 9.19. The summed E-state index contributed by atoms with van der Waals surface area (Å²) in [5.41, 5.74) is 7.56. The van der Waals surface area contributed by atoms with E-state index in [1.807, 2.05) is 13.0 Å². The lowest BCUT2D eigenvalue weighted by Gasteiger charge is -2.37. The Bertz CT molecular complexity index is 473. The number of nitrogens with two attached hydrogens (primary N) is 1. The van der Waals surface area contributed by atoms with Crippen LogP contribution in [0, 0.1) is 6.92 Å². The fourth-order valence-corrected chi connectivity index (χ4v) is 2.83. The standard InChI is InChI=1S/C14H22N4O/c1-3-11-6-4-5-9-18(11)14-12(13(15)17-19)10(2)7-8-16-14/h7-8,11,19H,3-6,9H2,1-2H3,(H2,15,17). The van der Waals surface area contributed by atoms with Crippen LogP contribution in [0.25, 0.3) is 0 Å². The molecule has 1 saturated heterocycles. The third-order valence-electron chi connectivity index (χ3n) is 3.87. The van der Waals surface area contributed by atoms with Crippen molar-refractivity contribution in [3.8, 4) is 0 Å². The molecule has 0 aliphatic carbocycles. The van der Waals surface area contributed by atoms with Gasteiger partial charge in [-0.3, -0.25) is 0 Å².